The van der Waals surface area contributed by atoms with Crippen LogP contribution >= 0.6 is 0 Å². The van der Waals surface area contributed by atoms with Gasteiger partial charge in [0.2, 0.25) is 5.91 Å². The topological polar surface area (TPSA) is 50.8 Å². The Hall–Kier alpha value is -2.53. The van der Waals surface area contributed by atoms with Crippen LogP contribution in [0.4, 0.5) is 0 Å². The summed E-state index contributed by atoms with van der Waals surface area (Å²) < 4.78 is 11.5. The minimum Gasteiger partial charge on any atom is -0.486 e. The molecule has 2 heterocycles. The van der Waals surface area contributed by atoms with Gasteiger partial charge in [0.05, 0.1) is 0 Å². The second-order valence-electron chi connectivity index (χ2n) is 9.77. The molecule has 1 saturated heterocycles. The summed E-state index contributed by atoms with van der Waals surface area (Å²) in [6, 6.07) is 17.1. The summed E-state index contributed by atoms with van der Waals surface area (Å²) >= 11 is 0. The lowest BCUT2D eigenvalue weighted by Gasteiger charge is -2.26. The van der Waals surface area contributed by atoms with Gasteiger partial charge >= 0.3 is 0 Å². The minimum atomic E-state index is 0.0835. The van der Waals surface area contributed by atoms with E-state index in [0.29, 0.717) is 25.6 Å². The summed E-state index contributed by atoms with van der Waals surface area (Å²) in [5.74, 6) is 2.38. The highest BCUT2D eigenvalue weighted by atomic mass is 16.6. The Balaban J connectivity index is 1.36. The SMILES string of the molecule is CCCCCCCC(=O)N[C@@H](Cc1ccc2c(c1)OCCO2)CN1CC[C@H](c2ccccc2)C1. The zero-order chi connectivity index (χ0) is 23.6. The number of benzene rings is 2. The van der Waals surface area contributed by atoms with Crippen molar-refractivity contribution in [1.82, 2.24) is 10.2 Å². The number of nitrogens with one attached hydrogen (secondary N) is 1. The number of likely N-dealkylation sites (tertiary alicyclic amines) is 1. The number of carbonyl (C=O) groups is 1. The zero-order valence-electron chi connectivity index (χ0n) is 20.6. The summed E-state index contributed by atoms with van der Waals surface area (Å²) in [4.78, 5) is 15.3. The lowest BCUT2D eigenvalue weighted by molar-refractivity contribution is -0.122. The monoisotopic (exact) mass is 464 g/mol. The highest BCUT2D eigenvalue weighted by Gasteiger charge is 2.26. The first kappa shape index (κ1) is 24.6. The lowest BCUT2D eigenvalue weighted by atomic mass is 9.99. The molecule has 4 rings (SSSR count). The predicted molar refractivity (Wildman–Crippen MR) is 137 cm³/mol. The number of ether oxygens (including phenoxy) is 2. The van der Waals surface area contributed by atoms with Gasteiger partial charge < -0.3 is 19.7 Å². The second-order valence-corrected chi connectivity index (χ2v) is 9.77. The van der Waals surface area contributed by atoms with E-state index in [1.807, 2.05) is 6.07 Å². The van der Waals surface area contributed by atoms with Gasteiger partial charge in [-0.1, -0.05) is 69.0 Å². The molecule has 0 unspecified atom stereocenters. The maximum atomic E-state index is 12.8. The summed E-state index contributed by atoms with van der Waals surface area (Å²) in [5, 5.41) is 3.37. The lowest BCUT2D eigenvalue weighted by Crippen LogP contribution is -2.44. The molecule has 0 spiro atoms. The van der Waals surface area contributed by atoms with Crippen molar-refractivity contribution in [2.75, 3.05) is 32.8 Å². The molecular weight excluding hydrogens is 424 g/mol. The molecule has 0 aliphatic carbocycles. The average molecular weight is 465 g/mol. The summed E-state index contributed by atoms with van der Waals surface area (Å²) in [6.07, 6.45) is 8.40. The fourth-order valence-corrected chi connectivity index (χ4v) is 5.16. The van der Waals surface area contributed by atoms with E-state index >= 15 is 0 Å². The molecule has 0 aromatic heterocycles. The van der Waals surface area contributed by atoms with Gasteiger partial charge in [0, 0.05) is 25.6 Å². The van der Waals surface area contributed by atoms with Crippen molar-refractivity contribution in [1.29, 1.82) is 0 Å². The van der Waals surface area contributed by atoms with Crippen molar-refractivity contribution in [2.24, 2.45) is 0 Å². The number of amides is 1. The summed E-state index contributed by atoms with van der Waals surface area (Å²) in [5.41, 5.74) is 2.60. The van der Waals surface area contributed by atoms with Gasteiger partial charge in [-0.2, -0.15) is 0 Å². The van der Waals surface area contributed by atoms with Crippen molar-refractivity contribution < 1.29 is 14.3 Å². The van der Waals surface area contributed by atoms with Crippen LogP contribution < -0.4 is 14.8 Å². The number of nitrogens with zero attached hydrogens (tertiary/aromatic N) is 1. The van der Waals surface area contributed by atoms with Gasteiger partial charge in [-0.25, -0.2) is 0 Å². The first-order valence-electron chi connectivity index (χ1n) is 13.2. The van der Waals surface area contributed by atoms with Gasteiger partial charge in [0.1, 0.15) is 13.2 Å². The fourth-order valence-electron chi connectivity index (χ4n) is 5.16. The van der Waals surface area contributed by atoms with E-state index in [4.69, 9.17) is 9.47 Å². The van der Waals surface area contributed by atoms with E-state index in [0.717, 1.165) is 50.4 Å². The maximum Gasteiger partial charge on any atom is 0.220 e. The van der Waals surface area contributed by atoms with Gasteiger partial charge in [0.25, 0.3) is 0 Å². The van der Waals surface area contributed by atoms with Crippen LogP contribution in [0, 0.1) is 0 Å². The van der Waals surface area contributed by atoms with Crippen LogP contribution in [0.15, 0.2) is 48.5 Å². The third-order valence-corrected chi connectivity index (χ3v) is 6.98. The Morgan fingerprint density at radius 1 is 1.03 bits per heavy atom. The number of carbonyl (C=O) groups excluding carboxylic acids is 1. The van der Waals surface area contributed by atoms with Crippen LogP contribution in [0.1, 0.15) is 68.9 Å². The van der Waals surface area contributed by atoms with Crippen LogP contribution in [-0.4, -0.2) is 49.7 Å². The van der Waals surface area contributed by atoms with Crippen LogP contribution in [0.3, 0.4) is 0 Å². The van der Waals surface area contributed by atoms with Gasteiger partial charge in [-0.3, -0.25) is 4.79 Å². The first-order chi connectivity index (χ1) is 16.7. The van der Waals surface area contributed by atoms with Crippen molar-refractivity contribution in [2.45, 2.75) is 70.3 Å². The smallest absolute Gasteiger partial charge is 0.220 e. The molecule has 184 valence electrons. The fraction of sp³-hybridized carbons (Fsp3) is 0.552. The van der Waals surface area contributed by atoms with Gasteiger partial charge in [-0.15, -0.1) is 0 Å². The molecule has 0 saturated carbocycles. The zero-order valence-corrected chi connectivity index (χ0v) is 20.6. The summed E-state index contributed by atoms with van der Waals surface area (Å²) in [6.45, 7) is 6.40. The molecule has 34 heavy (non-hydrogen) atoms. The van der Waals surface area contributed by atoms with Crippen LogP contribution in [-0.2, 0) is 11.2 Å². The Bertz CT molecular complexity index is 902. The van der Waals surface area contributed by atoms with Crippen molar-refractivity contribution >= 4 is 5.91 Å². The quantitative estimate of drug-likeness (QED) is 0.431. The van der Waals surface area contributed by atoms with Crippen molar-refractivity contribution in [3.05, 3.63) is 59.7 Å². The molecule has 5 nitrogen and oxygen atoms in total. The van der Waals surface area contributed by atoms with Gasteiger partial charge in [-0.05, 0) is 55.0 Å². The first-order valence-corrected chi connectivity index (χ1v) is 13.2. The standard InChI is InChI=1S/C29H40N2O3/c1-2-3-4-5-9-12-29(32)30-26(19-23-13-14-27-28(20-23)34-18-17-33-27)22-31-16-15-25(21-31)24-10-7-6-8-11-24/h6-8,10-11,13-14,20,25-26H,2-5,9,12,15-19,21-22H2,1H3,(H,30,32)/t25-,26-/m0/s1. The number of unbranched alkanes of at least 4 members (excludes halogenated alkanes) is 4. The minimum absolute atomic E-state index is 0.0835. The highest BCUT2D eigenvalue weighted by molar-refractivity contribution is 5.76. The molecule has 1 amide bonds. The number of rotatable bonds is 12. The van der Waals surface area contributed by atoms with E-state index in [9.17, 15) is 4.79 Å². The third kappa shape index (κ3) is 7.23. The Morgan fingerprint density at radius 3 is 2.65 bits per heavy atom. The second kappa shape index (κ2) is 12.8. The maximum absolute atomic E-state index is 12.8. The third-order valence-electron chi connectivity index (χ3n) is 6.98. The number of fused-ring (bicyclic) bond motifs is 1. The van der Waals surface area contributed by atoms with E-state index in [1.165, 1.54) is 36.8 Å². The molecule has 2 aliphatic rings. The molecule has 2 atom stereocenters. The Kier molecular flexibility index (Phi) is 9.26. The number of hydrogen-bond donors (Lipinski definition) is 1. The van der Waals surface area contributed by atoms with Crippen molar-refractivity contribution in [3.8, 4) is 11.5 Å². The predicted octanol–water partition coefficient (Wildman–Crippen LogP) is 5.34. The molecule has 0 bridgehead atoms. The average Bonchev–Trinajstić information content (AvgIpc) is 3.33. The normalized spacial score (nSPS) is 18.6. The molecule has 2 aromatic carbocycles. The molecule has 1 N–H and O–H groups in total. The molecule has 2 aliphatic heterocycles. The molecular formula is C29H40N2O3. The molecule has 1 fully saturated rings. The highest BCUT2D eigenvalue weighted by Crippen LogP contribution is 2.31. The number of hydrogen-bond acceptors (Lipinski definition) is 4. The molecule has 2 aromatic rings. The molecule has 5 heteroatoms. The van der Waals surface area contributed by atoms with Crippen LogP contribution in [0.5, 0.6) is 11.5 Å². The van der Waals surface area contributed by atoms with Gasteiger partial charge in [0.15, 0.2) is 11.5 Å². The Labute approximate surface area is 204 Å². The van der Waals surface area contributed by atoms with E-state index in [1.54, 1.807) is 0 Å². The summed E-state index contributed by atoms with van der Waals surface area (Å²) in [7, 11) is 0. The Morgan fingerprint density at radius 2 is 1.82 bits per heavy atom. The van der Waals surface area contributed by atoms with Crippen molar-refractivity contribution in [3.63, 3.8) is 0 Å². The van der Waals surface area contributed by atoms with Crippen LogP contribution in [0.2, 0.25) is 0 Å². The largest absolute Gasteiger partial charge is 0.486 e. The molecule has 0 radical (unpaired) electrons. The van der Waals surface area contributed by atoms with E-state index in [-0.39, 0.29) is 11.9 Å². The van der Waals surface area contributed by atoms with E-state index < -0.39 is 0 Å². The van der Waals surface area contributed by atoms with Crippen LogP contribution in [0.25, 0.3) is 0 Å². The van der Waals surface area contributed by atoms with E-state index in [2.05, 4.69) is 59.6 Å².